The van der Waals surface area contributed by atoms with Crippen molar-refractivity contribution in [2.24, 2.45) is 0 Å². The fourth-order valence-corrected chi connectivity index (χ4v) is 8.43. The van der Waals surface area contributed by atoms with E-state index in [0.717, 1.165) is 84.9 Å². The van der Waals surface area contributed by atoms with Crippen LogP contribution in [-0.2, 0) is 0 Å². The van der Waals surface area contributed by atoms with Gasteiger partial charge in [-0.3, -0.25) is 0 Å². The Balaban J connectivity index is 1.08. The summed E-state index contributed by atoms with van der Waals surface area (Å²) in [6, 6.07) is 68.0. The molecule has 0 N–H and O–H groups in total. The van der Waals surface area contributed by atoms with Gasteiger partial charge in [0.1, 0.15) is 11.0 Å². The van der Waals surface area contributed by atoms with Crippen LogP contribution in [0, 0.1) is 0 Å². The third-order valence-electron chi connectivity index (χ3n) is 11.3. The Bertz CT molecular complexity index is 3240. The lowest BCUT2D eigenvalue weighted by Gasteiger charge is -2.27. The van der Waals surface area contributed by atoms with E-state index in [2.05, 4.69) is 151 Å². The van der Waals surface area contributed by atoms with Crippen LogP contribution in [0.3, 0.4) is 0 Å². The summed E-state index contributed by atoms with van der Waals surface area (Å²) in [7, 11) is 0. The largest absolute Gasteiger partial charge is 0.456 e. The van der Waals surface area contributed by atoms with Crippen molar-refractivity contribution < 1.29 is 4.42 Å². The summed E-state index contributed by atoms with van der Waals surface area (Å²) >= 11 is 0. The highest BCUT2D eigenvalue weighted by molar-refractivity contribution is 6.00. The molecule has 2 heterocycles. The van der Waals surface area contributed by atoms with E-state index in [-0.39, 0.29) is 0 Å². The Morgan fingerprint density at radius 3 is 1.73 bits per heavy atom. The van der Waals surface area contributed by atoms with Crippen LogP contribution in [0.2, 0.25) is 0 Å². The Labute approximate surface area is 347 Å². The molecule has 0 fully saturated rings. The van der Waals surface area contributed by atoms with E-state index < -0.39 is 0 Å². The molecule has 0 saturated carbocycles. The molecule has 0 spiro atoms. The van der Waals surface area contributed by atoms with Crippen molar-refractivity contribution in [3.05, 3.63) is 205 Å². The van der Waals surface area contributed by atoms with Crippen molar-refractivity contribution in [1.29, 1.82) is 0 Å². The number of benzene rings is 8. The second kappa shape index (κ2) is 15.1. The monoisotopic (exact) mass is 770 g/mol. The third-order valence-corrected chi connectivity index (χ3v) is 11.3. The topological polar surface area (TPSA) is 55.1 Å². The number of rotatable bonds is 8. The molecule has 0 unspecified atom stereocenters. The highest BCUT2D eigenvalue weighted by Gasteiger charge is 2.21. The molecular formula is C55H38N4O. The highest BCUT2D eigenvalue weighted by Crippen LogP contribution is 2.41. The van der Waals surface area contributed by atoms with E-state index in [1.54, 1.807) is 0 Å². The summed E-state index contributed by atoms with van der Waals surface area (Å²) in [6.45, 7) is 0. The van der Waals surface area contributed by atoms with Gasteiger partial charge in [-0.15, -0.1) is 0 Å². The average molecular weight is 771 g/mol. The minimum Gasteiger partial charge on any atom is -0.456 e. The van der Waals surface area contributed by atoms with Gasteiger partial charge in [0, 0.05) is 44.1 Å². The molecule has 2 aromatic heterocycles. The molecule has 1 aliphatic carbocycles. The van der Waals surface area contributed by atoms with Gasteiger partial charge < -0.3 is 9.32 Å². The first-order chi connectivity index (χ1) is 29.7. The molecule has 0 atom stereocenters. The summed E-state index contributed by atoms with van der Waals surface area (Å²) in [5, 5.41) is 4.49. The van der Waals surface area contributed by atoms with Gasteiger partial charge in [0.05, 0.1) is 5.69 Å². The number of hydrogen-bond donors (Lipinski definition) is 0. The van der Waals surface area contributed by atoms with E-state index in [1.165, 1.54) is 16.3 Å². The first-order valence-electron chi connectivity index (χ1n) is 20.4. The third kappa shape index (κ3) is 6.52. The summed E-state index contributed by atoms with van der Waals surface area (Å²) in [5.74, 6) is 1.86. The zero-order chi connectivity index (χ0) is 39.8. The number of aromatic nitrogens is 3. The van der Waals surface area contributed by atoms with E-state index in [9.17, 15) is 0 Å². The van der Waals surface area contributed by atoms with Gasteiger partial charge in [-0.05, 0) is 89.0 Å². The van der Waals surface area contributed by atoms with Crippen LogP contribution < -0.4 is 15.5 Å². The predicted molar refractivity (Wildman–Crippen MR) is 246 cm³/mol. The Morgan fingerprint density at radius 2 is 1.00 bits per heavy atom. The van der Waals surface area contributed by atoms with E-state index >= 15 is 0 Å². The molecule has 284 valence electrons. The normalized spacial score (nSPS) is 12.1. The number of fused-ring (bicyclic) bond motifs is 4. The van der Waals surface area contributed by atoms with Gasteiger partial charge >= 0.3 is 0 Å². The van der Waals surface area contributed by atoms with Gasteiger partial charge in [0.15, 0.2) is 17.5 Å². The maximum absolute atomic E-state index is 6.64. The maximum Gasteiger partial charge on any atom is 0.164 e. The van der Waals surface area contributed by atoms with Crippen LogP contribution in [0.15, 0.2) is 199 Å². The van der Waals surface area contributed by atoms with Crippen molar-refractivity contribution in [1.82, 2.24) is 15.0 Å². The van der Waals surface area contributed by atoms with Gasteiger partial charge in [0.25, 0.3) is 0 Å². The smallest absolute Gasteiger partial charge is 0.164 e. The van der Waals surface area contributed by atoms with Crippen molar-refractivity contribution in [2.75, 3.05) is 4.90 Å². The van der Waals surface area contributed by atoms with Gasteiger partial charge in [0.2, 0.25) is 0 Å². The average Bonchev–Trinajstić information content (AvgIpc) is 3.71. The second-order valence-electron chi connectivity index (χ2n) is 15.1. The van der Waals surface area contributed by atoms with E-state index in [1.807, 2.05) is 60.7 Å². The number of furan rings is 1. The molecule has 60 heavy (non-hydrogen) atoms. The lowest BCUT2D eigenvalue weighted by atomic mass is 9.97. The van der Waals surface area contributed by atoms with Crippen LogP contribution >= 0.6 is 0 Å². The van der Waals surface area contributed by atoms with Crippen LogP contribution in [0.1, 0.15) is 12.8 Å². The summed E-state index contributed by atoms with van der Waals surface area (Å²) in [4.78, 5) is 17.7. The summed E-state index contributed by atoms with van der Waals surface area (Å²) < 4.78 is 6.64. The summed E-state index contributed by atoms with van der Waals surface area (Å²) in [6.07, 6.45) is 6.37. The minimum absolute atomic E-state index is 0.606. The quantitative estimate of drug-likeness (QED) is 0.154. The van der Waals surface area contributed by atoms with Gasteiger partial charge in [-0.2, -0.15) is 0 Å². The van der Waals surface area contributed by atoms with Crippen molar-refractivity contribution >= 4 is 51.0 Å². The Kier molecular flexibility index (Phi) is 8.90. The molecule has 10 aromatic rings. The molecule has 11 rings (SSSR count). The number of hydrogen-bond acceptors (Lipinski definition) is 5. The predicted octanol–water partition coefficient (Wildman–Crippen LogP) is 12.9. The van der Waals surface area contributed by atoms with Crippen LogP contribution in [-0.4, -0.2) is 15.0 Å². The fraction of sp³-hybridized carbons (Fsp3) is 0.0364. The first-order valence-corrected chi connectivity index (χ1v) is 20.4. The fourth-order valence-electron chi connectivity index (χ4n) is 8.43. The molecule has 8 aromatic carbocycles. The van der Waals surface area contributed by atoms with Gasteiger partial charge in [-0.1, -0.05) is 158 Å². The second-order valence-corrected chi connectivity index (χ2v) is 15.1. The van der Waals surface area contributed by atoms with Crippen LogP contribution in [0.5, 0.6) is 0 Å². The highest BCUT2D eigenvalue weighted by atomic mass is 16.3. The Hall–Kier alpha value is -7.89. The number of nitrogens with zero attached hydrogens (tertiary/aromatic N) is 4. The minimum atomic E-state index is 0.606. The number of anilines is 3. The van der Waals surface area contributed by atoms with E-state index in [0.29, 0.717) is 17.5 Å². The SMILES string of the molecule is C1=c2oc3cc(-c4ccc(N(c5cccc(-c6ccccc6)c5)c5cccc6ccccc56)cc4)cc(-c4nc(-c5ccccc5)nc(-c5ccccc5)n4)c3c2=CCC1. The molecule has 0 amide bonds. The van der Waals surface area contributed by atoms with Crippen molar-refractivity contribution in [2.45, 2.75) is 12.8 Å². The van der Waals surface area contributed by atoms with Crippen molar-refractivity contribution in [3.63, 3.8) is 0 Å². The molecule has 5 nitrogen and oxygen atoms in total. The first kappa shape index (κ1) is 35.3. The molecule has 0 aliphatic heterocycles. The molecule has 5 heteroatoms. The standard InChI is InChI=1S/C55H38N4O/c1-4-16-37(17-5-1)42-24-14-25-45(34-42)59(49-28-15-23-39-18-10-11-26-46(39)49)44-32-30-38(31-33-44)43-35-48(52-47-27-12-13-29-50(47)60-51(52)36-43)55-57-53(40-19-6-2-7-20-40)56-54(58-55)41-21-8-3-9-22-41/h1-11,14-36H,12-13H2. The zero-order valence-electron chi connectivity index (χ0n) is 32.7. The van der Waals surface area contributed by atoms with Gasteiger partial charge in [-0.25, -0.2) is 15.0 Å². The van der Waals surface area contributed by atoms with Crippen molar-refractivity contribution in [3.8, 4) is 56.4 Å². The Morgan fingerprint density at radius 1 is 0.417 bits per heavy atom. The molecule has 1 aliphatic rings. The lowest BCUT2D eigenvalue weighted by molar-refractivity contribution is 0.572. The zero-order valence-corrected chi connectivity index (χ0v) is 32.7. The maximum atomic E-state index is 6.64. The van der Waals surface area contributed by atoms with Crippen LogP contribution in [0.4, 0.5) is 17.1 Å². The van der Waals surface area contributed by atoms with Crippen LogP contribution in [0.25, 0.3) is 90.3 Å². The molecule has 0 radical (unpaired) electrons. The molecule has 0 saturated heterocycles. The van der Waals surface area contributed by atoms with E-state index in [4.69, 9.17) is 19.4 Å². The summed E-state index contributed by atoms with van der Waals surface area (Å²) in [5.41, 5.74) is 12.1. The molecule has 0 bridgehead atoms. The molecular weight excluding hydrogens is 733 g/mol. The lowest BCUT2D eigenvalue weighted by Crippen LogP contribution is -2.22.